The molecular formula is C18H16F3N5O6S2. The Hall–Kier alpha value is -3.08. The SMILES string of the molecule is O=C(O)[C@H]1CN(c2nc3c(CO)nncc3s2)CCN1S(=O)(=O)c1ccc(OC(F)(F)F)cc1. The molecule has 0 aliphatic carbocycles. The second-order valence-corrected chi connectivity index (χ2v) is 9.99. The van der Waals surface area contributed by atoms with Crippen LogP contribution in [0.15, 0.2) is 35.4 Å². The van der Waals surface area contributed by atoms with Crippen LogP contribution in [0.5, 0.6) is 5.75 Å². The predicted molar refractivity (Wildman–Crippen MR) is 112 cm³/mol. The molecule has 3 heterocycles. The molecule has 0 unspecified atom stereocenters. The highest BCUT2D eigenvalue weighted by Crippen LogP contribution is 2.32. The van der Waals surface area contributed by atoms with Crippen LogP contribution in [0.3, 0.4) is 0 Å². The standard InChI is InChI=1S/C18H16F3N5O6S2/c19-18(20,21)32-10-1-3-11(4-2-10)34(30,31)26-6-5-25(8-13(26)16(28)29)17-23-15-12(9-27)24-22-7-14(15)33-17/h1-4,7,13,27H,5-6,8-9H2,(H,28,29)/t13-/m1/s1. The van der Waals surface area contributed by atoms with E-state index < -0.39 is 34.1 Å². The molecule has 2 aromatic heterocycles. The molecule has 3 aromatic rings. The molecule has 0 saturated carbocycles. The number of piperazine rings is 1. The van der Waals surface area contributed by atoms with Gasteiger partial charge in [-0.2, -0.15) is 14.5 Å². The molecule has 182 valence electrons. The van der Waals surface area contributed by atoms with Gasteiger partial charge >= 0.3 is 12.3 Å². The molecule has 0 radical (unpaired) electrons. The first-order valence-corrected chi connectivity index (χ1v) is 11.8. The maximum Gasteiger partial charge on any atom is 0.573 e. The van der Waals surface area contributed by atoms with Crippen LogP contribution in [0.2, 0.25) is 0 Å². The fourth-order valence-corrected chi connectivity index (χ4v) is 5.99. The number of alkyl halides is 3. The summed E-state index contributed by atoms with van der Waals surface area (Å²) in [6.07, 6.45) is -3.48. The second kappa shape index (κ2) is 8.94. The van der Waals surface area contributed by atoms with Crippen LogP contribution < -0.4 is 9.64 Å². The summed E-state index contributed by atoms with van der Waals surface area (Å²) in [6, 6.07) is 2.05. The lowest BCUT2D eigenvalue weighted by molar-refractivity contribution is -0.274. The minimum atomic E-state index is -4.93. The van der Waals surface area contributed by atoms with E-state index >= 15 is 0 Å². The van der Waals surface area contributed by atoms with Crippen molar-refractivity contribution in [3.8, 4) is 5.75 Å². The summed E-state index contributed by atoms with van der Waals surface area (Å²) in [7, 11) is -4.34. The number of hydrogen-bond donors (Lipinski definition) is 2. The Kier molecular flexibility index (Phi) is 6.32. The quantitative estimate of drug-likeness (QED) is 0.491. The van der Waals surface area contributed by atoms with Gasteiger partial charge in [-0.3, -0.25) is 4.79 Å². The summed E-state index contributed by atoms with van der Waals surface area (Å²) in [5, 5.41) is 27.1. The van der Waals surface area contributed by atoms with Gasteiger partial charge in [0.2, 0.25) is 10.0 Å². The van der Waals surface area contributed by atoms with E-state index in [0.717, 1.165) is 28.6 Å². The van der Waals surface area contributed by atoms with Gasteiger partial charge in [0, 0.05) is 19.6 Å². The van der Waals surface area contributed by atoms with Gasteiger partial charge in [-0.15, -0.1) is 13.2 Å². The Morgan fingerprint density at radius 1 is 1.24 bits per heavy atom. The van der Waals surface area contributed by atoms with Crippen molar-refractivity contribution < 1.29 is 41.3 Å². The zero-order valence-corrected chi connectivity index (χ0v) is 18.6. The Bertz CT molecular complexity index is 1320. The van der Waals surface area contributed by atoms with E-state index in [1.165, 1.54) is 17.5 Å². The molecule has 0 bridgehead atoms. The number of fused-ring (bicyclic) bond motifs is 1. The average Bonchev–Trinajstić information content (AvgIpc) is 3.22. The average molecular weight is 519 g/mol. The third-order valence-corrected chi connectivity index (χ3v) is 7.94. The number of thiazole rings is 1. The van der Waals surface area contributed by atoms with Gasteiger partial charge in [0.1, 0.15) is 23.0 Å². The van der Waals surface area contributed by atoms with Crippen LogP contribution in [0.4, 0.5) is 18.3 Å². The largest absolute Gasteiger partial charge is 0.573 e. The van der Waals surface area contributed by atoms with Gasteiger partial charge in [-0.05, 0) is 24.3 Å². The molecule has 16 heteroatoms. The molecule has 1 saturated heterocycles. The molecule has 4 rings (SSSR count). The lowest BCUT2D eigenvalue weighted by Gasteiger charge is -2.38. The van der Waals surface area contributed by atoms with Crippen molar-refractivity contribution in [2.75, 3.05) is 24.5 Å². The summed E-state index contributed by atoms with van der Waals surface area (Å²) < 4.78 is 68.4. The number of aliphatic hydroxyl groups excluding tert-OH is 1. The minimum absolute atomic E-state index is 0.105. The van der Waals surface area contributed by atoms with Gasteiger partial charge in [0.25, 0.3) is 0 Å². The molecular weight excluding hydrogens is 503 g/mol. The zero-order chi connectivity index (χ0) is 24.7. The van der Waals surface area contributed by atoms with Crippen molar-refractivity contribution in [3.63, 3.8) is 0 Å². The highest BCUT2D eigenvalue weighted by Gasteiger charge is 2.41. The van der Waals surface area contributed by atoms with Gasteiger partial charge in [-0.1, -0.05) is 11.3 Å². The summed E-state index contributed by atoms with van der Waals surface area (Å²) in [6.45, 7) is -0.712. The number of hydrogen-bond acceptors (Lipinski definition) is 10. The van der Waals surface area contributed by atoms with Crippen molar-refractivity contribution in [1.29, 1.82) is 0 Å². The van der Waals surface area contributed by atoms with Crippen molar-refractivity contribution >= 4 is 42.7 Å². The monoisotopic (exact) mass is 519 g/mol. The van der Waals surface area contributed by atoms with Crippen LogP contribution in [-0.2, 0) is 21.4 Å². The van der Waals surface area contributed by atoms with E-state index in [0.29, 0.717) is 15.3 Å². The van der Waals surface area contributed by atoms with E-state index in [-0.39, 0.29) is 36.8 Å². The number of rotatable bonds is 6. The molecule has 1 atom stereocenters. The number of carboxylic acids is 1. The van der Waals surface area contributed by atoms with Gasteiger partial charge in [0.05, 0.1) is 22.4 Å². The summed E-state index contributed by atoms with van der Waals surface area (Å²) in [5.74, 6) is -2.00. The Balaban J connectivity index is 1.58. The molecule has 11 nitrogen and oxygen atoms in total. The van der Waals surface area contributed by atoms with Crippen molar-refractivity contribution in [1.82, 2.24) is 19.5 Å². The maximum absolute atomic E-state index is 13.1. The summed E-state index contributed by atoms with van der Waals surface area (Å²) >= 11 is 1.19. The van der Waals surface area contributed by atoms with Gasteiger partial charge in [-0.25, -0.2) is 13.4 Å². The third kappa shape index (κ3) is 4.75. The normalized spacial score (nSPS) is 17.8. The molecule has 2 N–H and O–H groups in total. The first-order chi connectivity index (χ1) is 16.0. The van der Waals surface area contributed by atoms with Crippen LogP contribution in [-0.4, -0.2) is 76.1 Å². The number of ether oxygens (including phenoxy) is 1. The van der Waals surface area contributed by atoms with Crippen LogP contribution in [0, 0.1) is 0 Å². The molecule has 0 spiro atoms. The lowest BCUT2D eigenvalue weighted by Crippen LogP contribution is -2.58. The highest BCUT2D eigenvalue weighted by molar-refractivity contribution is 7.89. The number of aliphatic carboxylic acids is 1. The highest BCUT2D eigenvalue weighted by atomic mass is 32.2. The van der Waals surface area contributed by atoms with Gasteiger partial charge < -0.3 is 19.8 Å². The number of aliphatic hydroxyl groups is 1. The third-order valence-electron chi connectivity index (χ3n) is 4.97. The van der Waals surface area contributed by atoms with E-state index in [4.69, 9.17) is 0 Å². The molecule has 0 amide bonds. The molecule has 1 aliphatic heterocycles. The fourth-order valence-electron chi connectivity index (χ4n) is 3.43. The molecule has 1 aromatic carbocycles. The first kappa shape index (κ1) is 24.1. The van der Waals surface area contributed by atoms with E-state index in [1.54, 1.807) is 4.90 Å². The van der Waals surface area contributed by atoms with E-state index in [2.05, 4.69) is 19.9 Å². The molecule has 1 aliphatic rings. The zero-order valence-electron chi connectivity index (χ0n) is 17.0. The number of carbonyl (C=O) groups is 1. The maximum atomic E-state index is 13.1. The number of nitrogens with zero attached hydrogens (tertiary/aromatic N) is 5. The predicted octanol–water partition coefficient (Wildman–Crippen LogP) is 1.44. The van der Waals surface area contributed by atoms with Crippen LogP contribution >= 0.6 is 11.3 Å². The van der Waals surface area contributed by atoms with Crippen molar-refractivity contribution in [2.24, 2.45) is 0 Å². The van der Waals surface area contributed by atoms with Gasteiger partial charge in [0.15, 0.2) is 5.13 Å². The second-order valence-electron chi connectivity index (χ2n) is 7.09. The number of benzene rings is 1. The number of halogens is 3. The number of carboxylic acid groups (broad SMARTS) is 1. The van der Waals surface area contributed by atoms with Crippen LogP contribution in [0.1, 0.15) is 5.69 Å². The smallest absolute Gasteiger partial charge is 0.480 e. The molecule has 1 fully saturated rings. The van der Waals surface area contributed by atoms with E-state index in [1.807, 2.05) is 0 Å². The fraction of sp³-hybridized carbons (Fsp3) is 0.333. The summed E-state index contributed by atoms with van der Waals surface area (Å²) in [5.41, 5.74) is 0.675. The summed E-state index contributed by atoms with van der Waals surface area (Å²) in [4.78, 5) is 17.6. The van der Waals surface area contributed by atoms with Crippen molar-refractivity contribution in [2.45, 2.75) is 23.9 Å². The minimum Gasteiger partial charge on any atom is -0.480 e. The van der Waals surface area contributed by atoms with E-state index in [9.17, 15) is 36.6 Å². The topological polar surface area (TPSA) is 146 Å². The Morgan fingerprint density at radius 2 is 1.94 bits per heavy atom. The Morgan fingerprint density at radius 3 is 2.56 bits per heavy atom. The number of sulfonamides is 1. The number of anilines is 1. The molecule has 34 heavy (non-hydrogen) atoms. The number of aromatic nitrogens is 3. The lowest BCUT2D eigenvalue weighted by atomic mass is 10.2. The van der Waals surface area contributed by atoms with Crippen molar-refractivity contribution in [3.05, 3.63) is 36.2 Å². The first-order valence-electron chi connectivity index (χ1n) is 9.57. The Labute approximate surface area is 194 Å². The van der Waals surface area contributed by atoms with Crippen LogP contribution in [0.25, 0.3) is 10.2 Å².